The Morgan fingerprint density at radius 1 is 1.04 bits per heavy atom. The minimum atomic E-state index is -4.64. The van der Waals surface area contributed by atoms with Crippen LogP contribution < -0.4 is 5.73 Å². The Morgan fingerprint density at radius 2 is 1.58 bits per heavy atom. The highest BCUT2D eigenvalue weighted by atomic mass is 31.2. The summed E-state index contributed by atoms with van der Waals surface area (Å²) in [5.41, 5.74) is 6.78. The smallest absolute Gasteiger partial charge is 0.321 e. The van der Waals surface area contributed by atoms with Crippen molar-refractivity contribution in [3.05, 3.63) is 35.4 Å². The molecular formula is C19H33FNO4P. The van der Waals surface area contributed by atoms with Gasteiger partial charge in [0.25, 0.3) is 0 Å². The highest BCUT2D eigenvalue weighted by Crippen LogP contribution is 2.37. The quantitative estimate of drug-likeness (QED) is 0.326. The van der Waals surface area contributed by atoms with Crippen LogP contribution >= 0.6 is 7.82 Å². The van der Waals surface area contributed by atoms with E-state index in [0.717, 1.165) is 12.0 Å². The number of nitrogens with two attached hydrogens (primary N) is 1. The molecule has 1 rings (SSSR count). The van der Waals surface area contributed by atoms with Gasteiger partial charge >= 0.3 is 7.82 Å². The maximum Gasteiger partial charge on any atom is 0.469 e. The van der Waals surface area contributed by atoms with Crippen molar-refractivity contribution < 1.29 is 23.3 Å². The molecule has 0 saturated heterocycles. The summed E-state index contributed by atoms with van der Waals surface area (Å²) in [4.78, 5) is 17.5. The molecule has 1 aromatic carbocycles. The summed E-state index contributed by atoms with van der Waals surface area (Å²) in [5.74, 6) is 0. The fourth-order valence-electron chi connectivity index (χ4n) is 2.77. The van der Waals surface area contributed by atoms with Crippen molar-refractivity contribution in [1.29, 1.82) is 0 Å². The van der Waals surface area contributed by atoms with Crippen LogP contribution in [0.15, 0.2) is 24.3 Å². The molecule has 26 heavy (non-hydrogen) atoms. The van der Waals surface area contributed by atoms with Crippen molar-refractivity contribution >= 4 is 7.82 Å². The van der Waals surface area contributed by atoms with Crippen molar-refractivity contribution in [2.24, 2.45) is 5.73 Å². The molecule has 1 atom stereocenters. The van der Waals surface area contributed by atoms with Gasteiger partial charge in [0.05, 0.1) is 12.1 Å². The molecule has 0 radical (unpaired) electrons. The van der Waals surface area contributed by atoms with Crippen LogP contribution in [-0.2, 0) is 21.9 Å². The molecule has 0 aromatic heterocycles. The summed E-state index contributed by atoms with van der Waals surface area (Å²) in [5, 5.41) is 0. The van der Waals surface area contributed by atoms with Crippen LogP contribution in [0, 0.1) is 0 Å². The van der Waals surface area contributed by atoms with Crippen LogP contribution in [-0.4, -0.2) is 28.6 Å². The van der Waals surface area contributed by atoms with Crippen molar-refractivity contribution in [3.63, 3.8) is 0 Å². The first-order chi connectivity index (χ1) is 12.3. The molecule has 4 N–H and O–H groups in total. The van der Waals surface area contributed by atoms with Gasteiger partial charge < -0.3 is 15.5 Å². The lowest BCUT2D eigenvalue weighted by atomic mass is 9.94. The van der Waals surface area contributed by atoms with E-state index < -0.39 is 26.6 Å². The van der Waals surface area contributed by atoms with Crippen LogP contribution in [0.4, 0.5) is 4.39 Å². The standard InChI is InChI=1S/C19H33FNO4P/c1-2-3-4-5-6-7-8-17-9-11-18(12-10-17)13-14-19(21,15-20)16-25-26(22,23)24/h9-12H,2-8,13-16,21H2,1H3,(H2,22,23,24)/t19-/m1/s1. The molecule has 0 aliphatic carbocycles. The van der Waals surface area contributed by atoms with E-state index in [1.807, 2.05) is 12.1 Å². The molecule has 150 valence electrons. The van der Waals surface area contributed by atoms with Crippen molar-refractivity contribution in [1.82, 2.24) is 0 Å². The molecule has 0 bridgehead atoms. The van der Waals surface area contributed by atoms with Gasteiger partial charge in [0.1, 0.15) is 6.67 Å². The highest BCUT2D eigenvalue weighted by Gasteiger charge is 2.29. The minimum Gasteiger partial charge on any atom is -0.321 e. The second kappa shape index (κ2) is 11.8. The largest absolute Gasteiger partial charge is 0.469 e. The minimum absolute atomic E-state index is 0.250. The molecule has 5 nitrogen and oxygen atoms in total. The molecular weight excluding hydrogens is 356 g/mol. The van der Waals surface area contributed by atoms with E-state index in [2.05, 4.69) is 23.6 Å². The van der Waals surface area contributed by atoms with Crippen LogP contribution in [0.3, 0.4) is 0 Å². The number of benzene rings is 1. The van der Waals surface area contributed by atoms with E-state index in [-0.39, 0.29) is 6.42 Å². The average molecular weight is 389 g/mol. The average Bonchev–Trinajstić information content (AvgIpc) is 2.61. The molecule has 0 aliphatic heterocycles. The molecule has 7 heteroatoms. The van der Waals surface area contributed by atoms with Gasteiger partial charge in [-0.3, -0.25) is 4.52 Å². The zero-order chi connectivity index (χ0) is 19.5. The van der Waals surface area contributed by atoms with Gasteiger partial charge in [0.15, 0.2) is 0 Å². The Kier molecular flexibility index (Phi) is 10.6. The highest BCUT2D eigenvalue weighted by molar-refractivity contribution is 7.46. The number of phosphoric ester groups is 1. The van der Waals surface area contributed by atoms with Gasteiger partial charge in [0.2, 0.25) is 0 Å². The summed E-state index contributed by atoms with van der Waals surface area (Å²) in [7, 11) is -4.64. The first-order valence-corrected chi connectivity index (χ1v) is 10.9. The van der Waals surface area contributed by atoms with E-state index in [1.54, 1.807) is 0 Å². The lowest BCUT2D eigenvalue weighted by Crippen LogP contribution is -2.47. The van der Waals surface area contributed by atoms with Gasteiger partial charge in [-0.2, -0.15) is 0 Å². The van der Waals surface area contributed by atoms with Crippen LogP contribution in [0.25, 0.3) is 0 Å². The molecule has 0 saturated carbocycles. The summed E-state index contributed by atoms with van der Waals surface area (Å²) in [6.45, 7) is 0.807. The zero-order valence-electron chi connectivity index (χ0n) is 15.7. The fraction of sp³-hybridized carbons (Fsp3) is 0.684. The third-order valence-corrected chi connectivity index (χ3v) is 5.01. The molecule has 0 unspecified atom stereocenters. The van der Waals surface area contributed by atoms with Crippen molar-refractivity contribution in [2.45, 2.75) is 70.3 Å². The van der Waals surface area contributed by atoms with E-state index in [9.17, 15) is 8.96 Å². The third kappa shape index (κ3) is 10.4. The predicted octanol–water partition coefficient (Wildman–Crippen LogP) is 4.30. The molecule has 0 heterocycles. The maximum atomic E-state index is 13.2. The molecule has 0 spiro atoms. The lowest BCUT2D eigenvalue weighted by molar-refractivity contribution is 0.130. The van der Waals surface area contributed by atoms with Crippen molar-refractivity contribution in [3.8, 4) is 0 Å². The first-order valence-electron chi connectivity index (χ1n) is 9.41. The Morgan fingerprint density at radius 3 is 2.12 bits per heavy atom. The number of halogens is 1. The van der Waals surface area contributed by atoms with Crippen molar-refractivity contribution in [2.75, 3.05) is 13.3 Å². The molecule has 0 fully saturated rings. The summed E-state index contributed by atoms with van der Waals surface area (Å²) < 4.78 is 28.3. The molecule has 1 aromatic rings. The van der Waals surface area contributed by atoms with E-state index >= 15 is 0 Å². The second-order valence-corrected chi connectivity index (χ2v) is 8.33. The summed E-state index contributed by atoms with van der Waals surface area (Å²) in [6, 6.07) is 8.19. The monoisotopic (exact) mass is 389 g/mol. The van der Waals surface area contributed by atoms with Gasteiger partial charge in [-0.1, -0.05) is 63.3 Å². The van der Waals surface area contributed by atoms with Crippen LogP contribution in [0.1, 0.15) is 63.0 Å². The fourth-order valence-corrected chi connectivity index (χ4v) is 3.19. The summed E-state index contributed by atoms with van der Waals surface area (Å²) in [6.07, 6.45) is 9.48. The number of hydrogen-bond acceptors (Lipinski definition) is 3. The maximum absolute atomic E-state index is 13.2. The topological polar surface area (TPSA) is 92.8 Å². The lowest BCUT2D eigenvalue weighted by Gasteiger charge is -2.26. The zero-order valence-corrected chi connectivity index (χ0v) is 16.6. The summed E-state index contributed by atoms with van der Waals surface area (Å²) >= 11 is 0. The van der Waals surface area contributed by atoms with Gasteiger partial charge in [0, 0.05) is 0 Å². The Bertz CT molecular complexity index is 549. The predicted molar refractivity (Wildman–Crippen MR) is 103 cm³/mol. The molecule has 0 amide bonds. The SMILES string of the molecule is CCCCCCCCc1ccc(CC[C@@](N)(CF)COP(=O)(O)O)cc1. The van der Waals surface area contributed by atoms with E-state index in [1.165, 1.54) is 44.1 Å². The first kappa shape index (κ1) is 23.3. The Hall–Kier alpha value is -0.780. The number of phosphoric acid groups is 1. The number of aryl methyl sites for hydroxylation is 2. The van der Waals surface area contributed by atoms with E-state index in [4.69, 9.17) is 15.5 Å². The number of hydrogen-bond donors (Lipinski definition) is 3. The second-order valence-electron chi connectivity index (χ2n) is 7.09. The van der Waals surface area contributed by atoms with Crippen LogP contribution in [0.5, 0.6) is 0 Å². The van der Waals surface area contributed by atoms with E-state index in [0.29, 0.717) is 6.42 Å². The third-order valence-electron chi connectivity index (χ3n) is 4.54. The number of unbranched alkanes of at least 4 members (excludes halogenated alkanes) is 5. The number of alkyl halides is 1. The van der Waals surface area contributed by atoms with Gasteiger partial charge in [-0.15, -0.1) is 0 Å². The van der Waals surface area contributed by atoms with Gasteiger partial charge in [-0.05, 0) is 36.8 Å². The molecule has 0 aliphatic rings. The normalized spacial score (nSPS) is 14.3. The Labute approximate surface area is 156 Å². The van der Waals surface area contributed by atoms with Crippen LogP contribution in [0.2, 0.25) is 0 Å². The Balaban J connectivity index is 2.37. The van der Waals surface area contributed by atoms with Gasteiger partial charge in [-0.25, -0.2) is 8.96 Å². The number of rotatable bonds is 14.